The van der Waals surface area contributed by atoms with Crippen molar-refractivity contribution in [2.45, 2.75) is 13.8 Å². The van der Waals surface area contributed by atoms with Crippen LogP contribution in [-0.4, -0.2) is 9.97 Å². The van der Waals surface area contributed by atoms with Crippen molar-refractivity contribution in [3.8, 4) is 6.07 Å². The molecule has 0 unspecified atom stereocenters. The molecule has 0 radical (unpaired) electrons. The Morgan fingerprint density at radius 1 is 1.06 bits per heavy atom. The lowest BCUT2D eigenvalue weighted by atomic mass is 10.1. The fourth-order valence-corrected chi connectivity index (χ4v) is 1.69. The van der Waals surface area contributed by atoms with Gasteiger partial charge in [-0.05, 0) is 37.1 Å². The van der Waals surface area contributed by atoms with Crippen LogP contribution in [0.25, 0.3) is 0 Å². The van der Waals surface area contributed by atoms with Crippen molar-refractivity contribution in [1.29, 1.82) is 5.26 Å². The van der Waals surface area contributed by atoms with Gasteiger partial charge in [-0.3, -0.25) is 0 Å². The summed E-state index contributed by atoms with van der Waals surface area (Å²) in [4.78, 5) is 8.06. The van der Waals surface area contributed by atoms with Gasteiger partial charge in [-0.1, -0.05) is 6.07 Å². The highest BCUT2D eigenvalue weighted by Gasteiger charge is 2.04. The van der Waals surface area contributed by atoms with E-state index in [0.29, 0.717) is 11.5 Å². The molecule has 17 heavy (non-hydrogen) atoms. The monoisotopic (exact) mass is 224 g/mol. The van der Waals surface area contributed by atoms with Crippen LogP contribution in [0.15, 0.2) is 30.6 Å². The van der Waals surface area contributed by atoms with E-state index in [9.17, 15) is 0 Å². The molecule has 0 aliphatic heterocycles. The van der Waals surface area contributed by atoms with E-state index >= 15 is 0 Å². The minimum Gasteiger partial charge on any atom is -0.338 e. The Morgan fingerprint density at radius 3 is 2.35 bits per heavy atom. The predicted molar refractivity (Wildman–Crippen MR) is 65.9 cm³/mol. The molecule has 1 N–H and O–H groups in total. The van der Waals surface area contributed by atoms with Crippen LogP contribution in [0.2, 0.25) is 0 Å². The van der Waals surface area contributed by atoms with E-state index in [-0.39, 0.29) is 0 Å². The number of nitrogens with one attached hydrogen (secondary N) is 1. The zero-order valence-corrected chi connectivity index (χ0v) is 9.73. The molecule has 0 bridgehead atoms. The van der Waals surface area contributed by atoms with Gasteiger partial charge in [0.2, 0.25) is 0 Å². The number of aromatic nitrogens is 2. The molecule has 0 saturated heterocycles. The van der Waals surface area contributed by atoms with Gasteiger partial charge in [0.1, 0.15) is 6.07 Å². The first-order valence-electron chi connectivity index (χ1n) is 5.25. The third kappa shape index (κ3) is 2.58. The molecule has 4 heteroatoms. The molecule has 4 nitrogen and oxygen atoms in total. The van der Waals surface area contributed by atoms with Gasteiger partial charge in [-0.25, -0.2) is 9.97 Å². The van der Waals surface area contributed by atoms with Gasteiger partial charge in [0.25, 0.3) is 0 Å². The van der Waals surface area contributed by atoms with Crippen molar-refractivity contribution < 1.29 is 0 Å². The Hall–Kier alpha value is -2.41. The fraction of sp³-hybridized carbons (Fsp3) is 0.154. The standard InChI is InChI=1S/C13H12N4/c1-9-5-10(2)7-11(6-9)17-13-12(8-14)15-3-4-16-13/h3-7H,1-2H3,(H,16,17). The lowest BCUT2D eigenvalue weighted by Gasteiger charge is -2.08. The molecule has 1 heterocycles. The van der Waals surface area contributed by atoms with Crippen molar-refractivity contribution in [1.82, 2.24) is 9.97 Å². The van der Waals surface area contributed by atoms with Gasteiger partial charge in [-0.2, -0.15) is 5.26 Å². The highest BCUT2D eigenvalue weighted by atomic mass is 15.0. The van der Waals surface area contributed by atoms with Gasteiger partial charge in [0, 0.05) is 18.1 Å². The molecule has 1 aromatic carbocycles. The summed E-state index contributed by atoms with van der Waals surface area (Å²) in [5.74, 6) is 0.486. The van der Waals surface area contributed by atoms with Gasteiger partial charge >= 0.3 is 0 Å². The van der Waals surface area contributed by atoms with E-state index in [1.165, 1.54) is 6.20 Å². The topological polar surface area (TPSA) is 61.6 Å². The molecule has 0 fully saturated rings. The quantitative estimate of drug-likeness (QED) is 0.851. The smallest absolute Gasteiger partial charge is 0.183 e. The molecular weight excluding hydrogens is 212 g/mol. The minimum atomic E-state index is 0.298. The normalized spacial score (nSPS) is 9.71. The lowest BCUT2D eigenvalue weighted by Crippen LogP contribution is -1.99. The zero-order valence-electron chi connectivity index (χ0n) is 9.73. The van der Waals surface area contributed by atoms with E-state index in [1.54, 1.807) is 6.20 Å². The Labute approximate surface area is 100.0 Å². The Balaban J connectivity index is 2.35. The molecule has 0 saturated carbocycles. The van der Waals surface area contributed by atoms with Crippen LogP contribution in [0, 0.1) is 25.2 Å². The van der Waals surface area contributed by atoms with Crippen LogP contribution < -0.4 is 5.32 Å². The molecular formula is C13H12N4. The summed E-state index contributed by atoms with van der Waals surface area (Å²) in [6.45, 7) is 4.06. The van der Waals surface area contributed by atoms with Crippen LogP contribution in [0.4, 0.5) is 11.5 Å². The average molecular weight is 224 g/mol. The SMILES string of the molecule is Cc1cc(C)cc(Nc2nccnc2C#N)c1. The van der Waals surface area contributed by atoms with Crippen LogP contribution in [0.3, 0.4) is 0 Å². The first kappa shape index (κ1) is 11.1. The van der Waals surface area contributed by atoms with Crippen molar-refractivity contribution >= 4 is 11.5 Å². The van der Waals surface area contributed by atoms with Gasteiger partial charge in [0.05, 0.1) is 0 Å². The summed E-state index contributed by atoms with van der Waals surface area (Å²) in [5.41, 5.74) is 3.54. The summed E-state index contributed by atoms with van der Waals surface area (Å²) in [6, 6.07) is 8.10. The number of benzene rings is 1. The maximum Gasteiger partial charge on any atom is 0.183 e. The van der Waals surface area contributed by atoms with Gasteiger partial charge in [0.15, 0.2) is 11.5 Å². The second-order valence-electron chi connectivity index (χ2n) is 3.87. The Kier molecular flexibility index (Phi) is 3.01. The Bertz CT molecular complexity index is 564. The van der Waals surface area contributed by atoms with Crippen molar-refractivity contribution in [3.05, 3.63) is 47.4 Å². The number of hydrogen-bond acceptors (Lipinski definition) is 4. The van der Waals surface area contributed by atoms with Crippen LogP contribution in [0.1, 0.15) is 16.8 Å². The molecule has 2 rings (SSSR count). The molecule has 0 spiro atoms. The molecule has 84 valence electrons. The maximum absolute atomic E-state index is 8.91. The number of aryl methyl sites for hydroxylation is 2. The fourth-order valence-electron chi connectivity index (χ4n) is 1.69. The van der Waals surface area contributed by atoms with E-state index < -0.39 is 0 Å². The maximum atomic E-state index is 8.91. The molecule has 2 aromatic rings. The highest BCUT2D eigenvalue weighted by molar-refractivity contribution is 5.61. The predicted octanol–water partition coefficient (Wildman–Crippen LogP) is 2.71. The molecule has 1 aromatic heterocycles. The molecule has 0 aliphatic carbocycles. The van der Waals surface area contributed by atoms with Crippen LogP contribution in [-0.2, 0) is 0 Å². The van der Waals surface area contributed by atoms with Crippen molar-refractivity contribution in [2.24, 2.45) is 0 Å². The summed E-state index contributed by atoms with van der Waals surface area (Å²) in [5, 5.41) is 12.0. The number of rotatable bonds is 2. The summed E-state index contributed by atoms with van der Waals surface area (Å²) < 4.78 is 0. The zero-order chi connectivity index (χ0) is 12.3. The molecule has 0 amide bonds. The summed E-state index contributed by atoms with van der Waals surface area (Å²) >= 11 is 0. The lowest BCUT2D eigenvalue weighted by molar-refractivity contribution is 1.16. The summed E-state index contributed by atoms with van der Waals surface area (Å²) in [6.07, 6.45) is 3.07. The van der Waals surface area contributed by atoms with E-state index in [2.05, 4.69) is 21.4 Å². The largest absolute Gasteiger partial charge is 0.338 e. The second kappa shape index (κ2) is 4.62. The number of hydrogen-bond donors (Lipinski definition) is 1. The van der Waals surface area contributed by atoms with E-state index in [4.69, 9.17) is 5.26 Å². The first-order valence-corrected chi connectivity index (χ1v) is 5.25. The van der Waals surface area contributed by atoms with E-state index in [0.717, 1.165) is 16.8 Å². The summed E-state index contributed by atoms with van der Waals surface area (Å²) in [7, 11) is 0. The van der Waals surface area contributed by atoms with Gasteiger partial charge in [-0.15, -0.1) is 0 Å². The minimum absolute atomic E-state index is 0.298. The van der Waals surface area contributed by atoms with Crippen molar-refractivity contribution in [3.63, 3.8) is 0 Å². The van der Waals surface area contributed by atoms with Crippen LogP contribution >= 0.6 is 0 Å². The molecule has 0 atom stereocenters. The highest BCUT2D eigenvalue weighted by Crippen LogP contribution is 2.19. The first-order chi connectivity index (χ1) is 8.19. The third-order valence-electron chi connectivity index (χ3n) is 2.29. The Morgan fingerprint density at radius 2 is 1.71 bits per heavy atom. The number of anilines is 2. The number of nitrogens with zero attached hydrogens (tertiary/aromatic N) is 3. The second-order valence-corrected chi connectivity index (χ2v) is 3.87. The van der Waals surface area contributed by atoms with Crippen molar-refractivity contribution in [2.75, 3.05) is 5.32 Å². The van der Waals surface area contributed by atoms with Gasteiger partial charge < -0.3 is 5.32 Å². The molecule has 0 aliphatic rings. The number of nitriles is 1. The van der Waals surface area contributed by atoms with E-state index in [1.807, 2.05) is 32.0 Å². The average Bonchev–Trinajstić information content (AvgIpc) is 2.28. The third-order valence-corrected chi connectivity index (χ3v) is 2.29. The van der Waals surface area contributed by atoms with Crippen LogP contribution in [0.5, 0.6) is 0 Å².